The fraction of sp³-hybridized carbons (Fsp3) is 0. The van der Waals surface area contributed by atoms with Gasteiger partial charge in [0.05, 0.1) is 0 Å². The van der Waals surface area contributed by atoms with E-state index >= 15 is 0 Å². The lowest BCUT2D eigenvalue weighted by molar-refractivity contribution is 0.111. The van der Waals surface area contributed by atoms with Gasteiger partial charge in [-0.2, -0.15) is 0 Å². The van der Waals surface area contributed by atoms with Crippen LogP contribution in [-0.4, -0.2) is 10.9 Å². The molecule has 5 heteroatoms. The molecule has 34 heavy (non-hydrogen) atoms. The van der Waals surface area contributed by atoms with Crippen LogP contribution in [0.4, 0.5) is 25.8 Å². The summed E-state index contributed by atoms with van der Waals surface area (Å²) in [5.74, 6) is -2.20. The number of hydrogen-bond acceptors (Lipinski definition) is 2. The number of hydrogen-bond donors (Lipinski definition) is 0. The van der Waals surface area contributed by atoms with Crippen LogP contribution < -0.4 is 4.90 Å². The third-order valence-corrected chi connectivity index (χ3v) is 5.66. The van der Waals surface area contributed by atoms with Crippen molar-refractivity contribution in [2.75, 3.05) is 4.90 Å². The first-order valence-corrected chi connectivity index (χ1v) is 10.8. The molecule has 0 aliphatic heterocycles. The summed E-state index contributed by atoms with van der Waals surface area (Å²) in [6.07, 6.45) is 1.30. The highest BCUT2D eigenvalue weighted by Gasteiger charge is 2.17. The van der Waals surface area contributed by atoms with Crippen molar-refractivity contribution in [3.05, 3.63) is 133 Å². The minimum atomic E-state index is -1.14. The second-order valence-electron chi connectivity index (χ2n) is 7.77. The van der Waals surface area contributed by atoms with Crippen molar-refractivity contribution < 1.29 is 13.6 Å². The second-order valence-corrected chi connectivity index (χ2v) is 7.77. The van der Waals surface area contributed by atoms with E-state index in [2.05, 4.69) is 41.3 Å². The predicted octanol–water partition coefficient (Wildman–Crippen LogP) is 7.70. The number of aromatic nitrogens is 1. The quantitative estimate of drug-likeness (QED) is 0.248. The monoisotopic (exact) mass is 450 g/mol. The van der Waals surface area contributed by atoms with E-state index in [1.807, 2.05) is 60.7 Å². The van der Waals surface area contributed by atoms with Crippen LogP contribution in [0.15, 0.2) is 115 Å². The van der Waals surface area contributed by atoms with Gasteiger partial charge in [0.2, 0.25) is 0 Å². The maximum Gasteiger partial charge on any atom is 0.187 e. The van der Waals surface area contributed by atoms with Gasteiger partial charge in [0.25, 0.3) is 0 Å². The van der Waals surface area contributed by atoms with Crippen molar-refractivity contribution >= 4 is 23.3 Å². The topological polar surface area (TPSA) is 25.2 Å². The molecular formula is C29H20F2N2O. The Kier molecular flexibility index (Phi) is 5.75. The summed E-state index contributed by atoms with van der Waals surface area (Å²) in [6, 6.07) is 35.6. The van der Waals surface area contributed by atoms with Gasteiger partial charge in [-0.1, -0.05) is 60.7 Å². The molecule has 0 fully saturated rings. The molecule has 0 bridgehead atoms. The predicted molar refractivity (Wildman–Crippen MR) is 131 cm³/mol. The van der Waals surface area contributed by atoms with Crippen molar-refractivity contribution in [1.82, 2.24) is 4.57 Å². The Morgan fingerprint density at radius 2 is 1.24 bits per heavy atom. The minimum absolute atomic E-state index is 0.317. The molecule has 0 spiro atoms. The van der Waals surface area contributed by atoms with E-state index in [1.165, 1.54) is 4.57 Å². The lowest BCUT2D eigenvalue weighted by Crippen LogP contribution is -2.09. The van der Waals surface area contributed by atoms with Crippen LogP contribution >= 0.6 is 0 Å². The molecule has 0 amide bonds. The Morgan fingerprint density at radius 3 is 1.82 bits per heavy atom. The number of carbonyl (C=O) groups is 1. The molecule has 0 aliphatic carbocycles. The maximum atomic E-state index is 13.8. The summed E-state index contributed by atoms with van der Waals surface area (Å²) in [7, 11) is 0. The molecule has 0 saturated heterocycles. The Balaban J connectivity index is 1.53. The zero-order valence-corrected chi connectivity index (χ0v) is 18.1. The second kappa shape index (κ2) is 9.16. The van der Waals surface area contributed by atoms with Crippen LogP contribution in [0.5, 0.6) is 0 Å². The summed E-state index contributed by atoms with van der Waals surface area (Å²) in [4.78, 5) is 13.4. The highest BCUT2D eigenvalue weighted by molar-refractivity contribution is 5.80. The van der Waals surface area contributed by atoms with Crippen molar-refractivity contribution in [2.24, 2.45) is 0 Å². The smallest absolute Gasteiger partial charge is 0.187 e. The number of anilines is 3. The van der Waals surface area contributed by atoms with Crippen LogP contribution in [0.1, 0.15) is 10.5 Å². The number of halogens is 2. The Hall–Kier alpha value is -4.51. The molecule has 4 aromatic carbocycles. The van der Waals surface area contributed by atoms with E-state index in [-0.39, 0.29) is 5.69 Å². The average molecular weight is 450 g/mol. The first-order valence-electron chi connectivity index (χ1n) is 10.8. The zero-order valence-electron chi connectivity index (χ0n) is 18.1. The summed E-state index contributed by atoms with van der Waals surface area (Å²) in [5.41, 5.74) is 5.16. The van der Waals surface area contributed by atoms with Crippen molar-refractivity contribution in [2.45, 2.75) is 0 Å². The fourth-order valence-electron chi connectivity index (χ4n) is 4.03. The Bertz CT molecular complexity index is 1390. The van der Waals surface area contributed by atoms with E-state index < -0.39 is 11.6 Å². The van der Waals surface area contributed by atoms with Gasteiger partial charge in [-0.05, 0) is 59.7 Å². The number of carbonyl (C=O) groups excluding carboxylic acids is 1. The number of benzene rings is 4. The Morgan fingerprint density at radius 1 is 0.647 bits per heavy atom. The molecule has 0 radical (unpaired) electrons. The van der Waals surface area contributed by atoms with Gasteiger partial charge in [0.1, 0.15) is 5.69 Å². The van der Waals surface area contributed by atoms with Crippen LogP contribution in [0.2, 0.25) is 0 Å². The summed E-state index contributed by atoms with van der Waals surface area (Å²) >= 11 is 0. The first kappa shape index (κ1) is 21.3. The van der Waals surface area contributed by atoms with Crippen molar-refractivity contribution in [3.8, 4) is 16.8 Å². The highest BCUT2D eigenvalue weighted by Crippen LogP contribution is 2.36. The number of para-hydroxylation sites is 2. The number of rotatable bonds is 6. The van der Waals surface area contributed by atoms with Crippen LogP contribution in [0.25, 0.3) is 16.8 Å². The maximum absolute atomic E-state index is 13.8. The average Bonchev–Trinajstić information content (AvgIpc) is 3.19. The van der Waals surface area contributed by atoms with Gasteiger partial charge < -0.3 is 9.47 Å². The Labute approximate surface area is 196 Å². The molecule has 166 valence electrons. The zero-order chi connectivity index (χ0) is 23.5. The third-order valence-electron chi connectivity index (χ3n) is 5.66. The van der Waals surface area contributed by atoms with E-state index in [9.17, 15) is 13.6 Å². The SMILES string of the molecule is O=Cc1c(F)c(F)cn1-c1ccc(-c2cccc(N(c3ccccc3)c3ccccc3)c2)cc1. The molecule has 5 aromatic rings. The molecule has 1 heterocycles. The summed E-state index contributed by atoms with van der Waals surface area (Å²) in [6.45, 7) is 0. The largest absolute Gasteiger partial charge is 0.310 e. The van der Waals surface area contributed by atoms with E-state index in [1.54, 1.807) is 12.1 Å². The van der Waals surface area contributed by atoms with Gasteiger partial charge in [0, 0.05) is 28.9 Å². The lowest BCUT2D eigenvalue weighted by atomic mass is 10.0. The van der Waals surface area contributed by atoms with Crippen LogP contribution in [0.3, 0.4) is 0 Å². The molecule has 0 saturated carbocycles. The summed E-state index contributed by atoms with van der Waals surface area (Å²) in [5, 5.41) is 0. The molecule has 0 atom stereocenters. The van der Waals surface area contributed by atoms with Crippen LogP contribution in [-0.2, 0) is 0 Å². The molecule has 1 aromatic heterocycles. The minimum Gasteiger partial charge on any atom is -0.310 e. The number of aldehydes is 1. The van der Waals surface area contributed by atoms with Gasteiger partial charge in [-0.3, -0.25) is 4.79 Å². The van der Waals surface area contributed by atoms with Crippen molar-refractivity contribution in [3.63, 3.8) is 0 Å². The molecule has 0 unspecified atom stereocenters. The summed E-state index contributed by atoms with van der Waals surface area (Å²) < 4.78 is 28.7. The standard InChI is InChI=1S/C29H20F2N2O/c30-27-19-32(28(20-34)29(27)31)23-16-14-21(15-17-23)22-8-7-13-26(18-22)33(24-9-3-1-4-10-24)25-11-5-2-6-12-25/h1-20H. The first-order chi connectivity index (χ1) is 16.7. The van der Waals surface area contributed by atoms with E-state index in [0.717, 1.165) is 34.4 Å². The highest BCUT2D eigenvalue weighted by atomic mass is 19.2. The van der Waals surface area contributed by atoms with E-state index in [4.69, 9.17) is 0 Å². The van der Waals surface area contributed by atoms with Gasteiger partial charge >= 0.3 is 0 Å². The lowest BCUT2D eigenvalue weighted by Gasteiger charge is -2.26. The van der Waals surface area contributed by atoms with Crippen molar-refractivity contribution in [1.29, 1.82) is 0 Å². The molecular weight excluding hydrogens is 430 g/mol. The molecule has 0 N–H and O–H groups in total. The third kappa shape index (κ3) is 3.99. The van der Waals surface area contributed by atoms with Gasteiger partial charge in [-0.25, -0.2) is 8.78 Å². The molecule has 5 rings (SSSR count). The molecule has 0 aliphatic rings. The fourth-order valence-corrected chi connectivity index (χ4v) is 4.03. The number of nitrogens with zero attached hydrogens (tertiary/aromatic N) is 2. The normalized spacial score (nSPS) is 10.8. The molecule has 3 nitrogen and oxygen atoms in total. The van der Waals surface area contributed by atoms with Gasteiger partial charge in [-0.15, -0.1) is 0 Å². The van der Waals surface area contributed by atoms with E-state index in [0.29, 0.717) is 12.0 Å². The van der Waals surface area contributed by atoms with Crippen LogP contribution in [0, 0.1) is 11.6 Å². The van der Waals surface area contributed by atoms with Gasteiger partial charge in [0.15, 0.2) is 17.9 Å².